The van der Waals surface area contributed by atoms with Crippen molar-refractivity contribution < 1.29 is 9.18 Å². The normalized spacial score (nSPS) is 15.2. The summed E-state index contributed by atoms with van der Waals surface area (Å²) < 4.78 is 13.6. The first-order chi connectivity index (χ1) is 14.9. The highest BCUT2D eigenvalue weighted by atomic mass is 32.3. The highest BCUT2D eigenvalue weighted by molar-refractivity contribution is 8.32. The highest BCUT2D eigenvalue weighted by Crippen LogP contribution is 2.62. The van der Waals surface area contributed by atoms with Crippen molar-refractivity contribution in [1.82, 2.24) is 5.32 Å². The first kappa shape index (κ1) is 21.3. The van der Waals surface area contributed by atoms with Crippen molar-refractivity contribution in [1.29, 1.82) is 0 Å². The maximum absolute atomic E-state index is 13.6. The summed E-state index contributed by atoms with van der Waals surface area (Å²) in [5, 5.41) is 2.99. The van der Waals surface area contributed by atoms with Crippen LogP contribution in [0.4, 0.5) is 10.1 Å². The third-order valence-electron chi connectivity index (χ3n) is 5.63. The van der Waals surface area contributed by atoms with E-state index in [1.54, 1.807) is 12.1 Å². The van der Waals surface area contributed by atoms with Crippen molar-refractivity contribution in [2.45, 2.75) is 29.6 Å². The fraction of sp³-hybridized carbons (Fsp3) is 0.231. The number of carbonyl (C=O) groups excluding carboxylic acids is 1. The van der Waals surface area contributed by atoms with E-state index in [9.17, 15) is 9.18 Å². The topological polar surface area (TPSA) is 41.5 Å². The number of aliphatic imine (C=N–C) groups is 1. The molecule has 3 aromatic carbocycles. The van der Waals surface area contributed by atoms with Crippen LogP contribution in [0, 0.1) is 5.82 Å². The summed E-state index contributed by atoms with van der Waals surface area (Å²) in [5.41, 5.74) is 4.13. The van der Waals surface area contributed by atoms with Gasteiger partial charge in [-0.1, -0.05) is 31.5 Å². The molecule has 1 amide bonds. The average Bonchev–Trinajstić information content (AvgIpc) is 2.87. The van der Waals surface area contributed by atoms with E-state index in [0.717, 1.165) is 40.3 Å². The Hall–Kier alpha value is -2.92. The van der Waals surface area contributed by atoms with E-state index in [4.69, 9.17) is 4.99 Å². The fourth-order valence-electron chi connectivity index (χ4n) is 3.89. The van der Waals surface area contributed by atoms with Gasteiger partial charge in [0.05, 0.1) is 11.4 Å². The number of benzene rings is 3. The Balaban J connectivity index is 1.88. The summed E-state index contributed by atoms with van der Waals surface area (Å²) in [6, 6.07) is 20.6. The van der Waals surface area contributed by atoms with Crippen LogP contribution in [0.25, 0.3) is 0 Å². The van der Waals surface area contributed by atoms with Gasteiger partial charge in [0.2, 0.25) is 0 Å². The van der Waals surface area contributed by atoms with Crippen LogP contribution in [0.15, 0.2) is 81.5 Å². The van der Waals surface area contributed by atoms with E-state index in [-0.39, 0.29) is 11.7 Å². The van der Waals surface area contributed by atoms with Gasteiger partial charge >= 0.3 is 0 Å². The predicted octanol–water partition coefficient (Wildman–Crippen LogP) is 6.32. The minimum atomic E-state index is -1.37. The Kier molecular flexibility index (Phi) is 5.96. The number of fused-ring (bicyclic) bond motifs is 2. The minimum Gasteiger partial charge on any atom is -0.352 e. The third-order valence-corrected chi connectivity index (χ3v) is 8.53. The molecule has 4 rings (SSSR count). The molecular formula is C26H27FN2OS. The van der Waals surface area contributed by atoms with E-state index in [2.05, 4.69) is 43.0 Å². The zero-order chi connectivity index (χ0) is 22.0. The van der Waals surface area contributed by atoms with Gasteiger partial charge in [0.25, 0.3) is 5.91 Å². The molecule has 0 aliphatic carbocycles. The first-order valence-corrected chi connectivity index (χ1v) is 13.0. The molecule has 3 nitrogen and oxygen atoms in total. The van der Waals surface area contributed by atoms with E-state index < -0.39 is 10.0 Å². The number of nitrogens with zero attached hydrogens (tertiary/aromatic N) is 1. The van der Waals surface area contributed by atoms with Crippen LogP contribution in [0.1, 0.15) is 41.3 Å². The SMILES string of the molecule is CCCCNC(=O)c1ccc2c(c1)N=C(c1ccc(F)cc1)c1ccccc1S2(C)C. The van der Waals surface area contributed by atoms with Gasteiger partial charge in [0, 0.05) is 33.0 Å². The monoisotopic (exact) mass is 434 g/mol. The molecule has 0 spiro atoms. The number of hydrogen-bond acceptors (Lipinski definition) is 2. The number of amides is 1. The van der Waals surface area contributed by atoms with Crippen LogP contribution in [0.2, 0.25) is 0 Å². The van der Waals surface area contributed by atoms with E-state index in [0.29, 0.717) is 12.1 Å². The highest BCUT2D eigenvalue weighted by Gasteiger charge is 2.29. The maximum Gasteiger partial charge on any atom is 0.251 e. The molecule has 0 atom stereocenters. The predicted molar refractivity (Wildman–Crippen MR) is 128 cm³/mol. The van der Waals surface area contributed by atoms with Crippen molar-refractivity contribution in [2.75, 3.05) is 19.1 Å². The standard InChI is InChI=1S/C26H27FN2OS/c1-4-5-16-28-26(30)19-12-15-24-22(17-19)29-25(18-10-13-20(27)14-11-18)21-8-6-7-9-23(21)31(24,2)3/h6-15,17H,4-5,16H2,1-3H3,(H,28,30). The van der Waals surface area contributed by atoms with Gasteiger partial charge in [-0.15, -0.1) is 0 Å². The van der Waals surface area contributed by atoms with E-state index in [1.807, 2.05) is 24.3 Å². The molecule has 0 bridgehead atoms. The van der Waals surface area contributed by atoms with Crippen molar-refractivity contribution >= 4 is 27.3 Å². The maximum atomic E-state index is 13.6. The van der Waals surface area contributed by atoms with Gasteiger partial charge in [-0.05, 0) is 67.5 Å². The summed E-state index contributed by atoms with van der Waals surface area (Å²) in [4.78, 5) is 20.1. The van der Waals surface area contributed by atoms with Crippen molar-refractivity contribution in [3.05, 3.63) is 89.2 Å². The smallest absolute Gasteiger partial charge is 0.251 e. The van der Waals surface area contributed by atoms with Crippen LogP contribution in [-0.2, 0) is 0 Å². The summed E-state index contributed by atoms with van der Waals surface area (Å²) in [6.45, 7) is 2.77. The summed E-state index contributed by atoms with van der Waals surface area (Å²) in [5.74, 6) is -0.354. The number of carbonyl (C=O) groups is 1. The molecule has 0 aromatic heterocycles. The molecule has 1 aliphatic heterocycles. The van der Waals surface area contributed by atoms with Crippen LogP contribution < -0.4 is 5.32 Å². The van der Waals surface area contributed by atoms with Gasteiger partial charge in [0.15, 0.2) is 0 Å². The summed E-state index contributed by atoms with van der Waals surface area (Å²) in [7, 11) is -1.37. The second-order valence-corrected chi connectivity index (χ2v) is 11.6. The van der Waals surface area contributed by atoms with E-state index >= 15 is 0 Å². The Morgan fingerprint density at radius 3 is 2.48 bits per heavy atom. The Morgan fingerprint density at radius 1 is 1.00 bits per heavy atom. The Labute approximate surface area is 184 Å². The molecule has 1 heterocycles. The molecule has 160 valence electrons. The molecule has 1 N–H and O–H groups in total. The van der Waals surface area contributed by atoms with Gasteiger partial charge in [-0.2, -0.15) is 10.0 Å². The molecule has 0 saturated carbocycles. The number of unbranched alkanes of at least 4 members (excludes halogenated alkanes) is 1. The quantitative estimate of drug-likeness (QED) is 0.469. The zero-order valence-electron chi connectivity index (χ0n) is 18.1. The van der Waals surface area contributed by atoms with Gasteiger partial charge < -0.3 is 5.32 Å². The van der Waals surface area contributed by atoms with Crippen LogP contribution in [0.3, 0.4) is 0 Å². The number of nitrogens with one attached hydrogen (secondary N) is 1. The molecule has 5 heteroatoms. The summed E-state index contributed by atoms with van der Waals surface area (Å²) in [6.07, 6.45) is 6.51. The van der Waals surface area contributed by atoms with Gasteiger partial charge in [0.1, 0.15) is 5.82 Å². The lowest BCUT2D eigenvalue weighted by molar-refractivity contribution is 0.0953. The molecule has 31 heavy (non-hydrogen) atoms. The molecule has 3 aromatic rings. The third kappa shape index (κ3) is 4.15. The summed E-state index contributed by atoms with van der Waals surface area (Å²) >= 11 is 0. The molecular weight excluding hydrogens is 407 g/mol. The van der Waals surface area contributed by atoms with Gasteiger partial charge in [-0.25, -0.2) is 9.38 Å². The largest absolute Gasteiger partial charge is 0.352 e. The van der Waals surface area contributed by atoms with Crippen molar-refractivity contribution in [3.8, 4) is 0 Å². The van der Waals surface area contributed by atoms with Crippen molar-refractivity contribution in [2.24, 2.45) is 4.99 Å². The first-order valence-electron chi connectivity index (χ1n) is 10.5. The number of rotatable bonds is 5. The molecule has 1 aliphatic rings. The second-order valence-electron chi connectivity index (χ2n) is 8.08. The molecule has 0 saturated heterocycles. The average molecular weight is 435 g/mol. The zero-order valence-corrected chi connectivity index (χ0v) is 18.9. The Bertz CT molecular complexity index is 1150. The lowest BCUT2D eigenvalue weighted by atomic mass is 10.0. The minimum absolute atomic E-state index is 0.0793. The molecule has 0 unspecified atom stereocenters. The van der Waals surface area contributed by atoms with Crippen molar-refractivity contribution in [3.63, 3.8) is 0 Å². The molecule has 0 radical (unpaired) electrons. The van der Waals surface area contributed by atoms with Crippen LogP contribution in [-0.4, -0.2) is 30.7 Å². The number of halogens is 1. The van der Waals surface area contributed by atoms with Gasteiger partial charge in [-0.3, -0.25) is 4.79 Å². The fourth-order valence-corrected chi connectivity index (χ4v) is 6.30. The number of hydrogen-bond donors (Lipinski definition) is 1. The lowest BCUT2D eigenvalue weighted by Gasteiger charge is -2.33. The lowest BCUT2D eigenvalue weighted by Crippen LogP contribution is -2.24. The molecule has 0 fully saturated rings. The van der Waals surface area contributed by atoms with E-state index in [1.165, 1.54) is 17.0 Å². The second kappa shape index (κ2) is 8.67. The van der Waals surface area contributed by atoms with Crippen LogP contribution in [0.5, 0.6) is 0 Å². The van der Waals surface area contributed by atoms with Crippen LogP contribution >= 0.6 is 10.0 Å². The Morgan fingerprint density at radius 2 is 1.74 bits per heavy atom.